The first kappa shape index (κ1) is 28.6. The van der Waals surface area contributed by atoms with Crippen LogP contribution in [-0.2, 0) is 23.9 Å². The molecule has 0 aliphatic carbocycles. The lowest BCUT2D eigenvalue weighted by Gasteiger charge is -2.33. The first-order valence-electron chi connectivity index (χ1n) is 10.8. The number of aliphatic hydroxyl groups excluding tert-OH is 1. The third-order valence-electron chi connectivity index (χ3n) is 4.53. The van der Waals surface area contributed by atoms with E-state index in [2.05, 4.69) is 21.9 Å². The molecule has 1 rings (SSSR count). The van der Waals surface area contributed by atoms with E-state index in [1.165, 1.54) is 18.1 Å². The fraction of sp³-hybridized carbons (Fsp3) is 0.500. The van der Waals surface area contributed by atoms with Gasteiger partial charge in [0.25, 0.3) is 0 Å². The molecule has 0 saturated carbocycles. The van der Waals surface area contributed by atoms with Crippen LogP contribution in [0.3, 0.4) is 0 Å². The molecule has 10 nitrogen and oxygen atoms in total. The van der Waals surface area contributed by atoms with E-state index in [1.807, 2.05) is 19.9 Å². The van der Waals surface area contributed by atoms with Crippen LogP contribution in [0.4, 0.5) is 4.79 Å². The molecule has 3 N–H and O–H groups in total. The molecule has 0 bridgehead atoms. The second-order valence-corrected chi connectivity index (χ2v) is 8.78. The molecule has 0 spiro atoms. The fourth-order valence-electron chi connectivity index (χ4n) is 3.27. The van der Waals surface area contributed by atoms with Crippen molar-refractivity contribution in [3.63, 3.8) is 0 Å². The number of nitrogens with one attached hydrogen (secondary N) is 2. The SMILES string of the molecule is C=CCN(C(=O)C(CO)NC(=O)OC(C)(C)C)C(C(=O)NCC(=O)OC)c1cc(C)cc(C)c1. The van der Waals surface area contributed by atoms with Crippen molar-refractivity contribution in [2.75, 3.05) is 26.8 Å². The normalized spacial score (nSPS) is 12.7. The van der Waals surface area contributed by atoms with Crippen molar-refractivity contribution in [3.05, 3.63) is 47.5 Å². The molecule has 0 saturated heterocycles. The predicted molar refractivity (Wildman–Crippen MR) is 126 cm³/mol. The second-order valence-electron chi connectivity index (χ2n) is 8.78. The minimum atomic E-state index is -1.38. The summed E-state index contributed by atoms with van der Waals surface area (Å²) in [6.45, 7) is 11.1. The number of benzene rings is 1. The van der Waals surface area contributed by atoms with Gasteiger partial charge >= 0.3 is 12.1 Å². The standard InChI is InChI=1S/C24H35N3O7/c1-8-9-27(22(31)18(14-28)26-23(32)34-24(4,5)6)20(21(30)25-13-19(29)33-7)17-11-15(2)10-16(3)12-17/h8,10-12,18,20,28H,1,9,13-14H2,2-7H3,(H,25,30)(H,26,32). The van der Waals surface area contributed by atoms with Crippen LogP contribution in [0.25, 0.3) is 0 Å². The van der Waals surface area contributed by atoms with E-state index in [-0.39, 0.29) is 6.54 Å². The van der Waals surface area contributed by atoms with Crippen molar-refractivity contribution in [2.24, 2.45) is 0 Å². The molecule has 0 aromatic heterocycles. The molecule has 0 aliphatic heterocycles. The molecule has 0 heterocycles. The molecule has 3 amide bonds. The summed E-state index contributed by atoms with van der Waals surface area (Å²) in [5.41, 5.74) is 1.39. The average molecular weight is 478 g/mol. The van der Waals surface area contributed by atoms with E-state index in [0.717, 1.165) is 11.1 Å². The van der Waals surface area contributed by atoms with E-state index in [1.54, 1.807) is 32.9 Å². The van der Waals surface area contributed by atoms with E-state index < -0.39 is 54.7 Å². The number of carbonyl (C=O) groups is 4. The minimum absolute atomic E-state index is 0.0748. The van der Waals surface area contributed by atoms with Crippen molar-refractivity contribution in [3.8, 4) is 0 Å². The molecule has 188 valence electrons. The van der Waals surface area contributed by atoms with Gasteiger partial charge in [-0.1, -0.05) is 35.4 Å². The Morgan fingerprint density at radius 1 is 1.15 bits per heavy atom. The highest BCUT2D eigenvalue weighted by atomic mass is 16.6. The number of nitrogens with zero attached hydrogens (tertiary/aromatic N) is 1. The fourth-order valence-corrected chi connectivity index (χ4v) is 3.27. The number of aryl methyl sites for hydroxylation is 2. The van der Waals surface area contributed by atoms with Crippen LogP contribution in [0.2, 0.25) is 0 Å². The molecule has 34 heavy (non-hydrogen) atoms. The number of hydrogen-bond acceptors (Lipinski definition) is 7. The highest BCUT2D eigenvalue weighted by Gasteiger charge is 2.36. The lowest BCUT2D eigenvalue weighted by atomic mass is 9.98. The number of methoxy groups -OCH3 is 1. The van der Waals surface area contributed by atoms with Crippen LogP contribution in [0.15, 0.2) is 30.9 Å². The zero-order valence-corrected chi connectivity index (χ0v) is 20.6. The number of carbonyl (C=O) groups excluding carboxylic acids is 4. The Labute approximate surface area is 200 Å². The van der Waals surface area contributed by atoms with Gasteiger partial charge in [0.2, 0.25) is 11.8 Å². The van der Waals surface area contributed by atoms with Crippen LogP contribution >= 0.6 is 0 Å². The summed E-state index contributed by atoms with van der Waals surface area (Å²) >= 11 is 0. The molecule has 0 radical (unpaired) electrons. The number of ether oxygens (including phenoxy) is 2. The van der Waals surface area contributed by atoms with E-state index in [0.29, 0.717) is 5.56 Å². The van der Waals surface area contributed by atoms with Gasteiger partial charge in [-0.15, -0.1) is 6.58 Å². The van der Waals surface area contributed by atoms with Crippen molar-refractivity contribution in [1.82, 2.24) is 15.5 Å². The van der Waals surface area contributed by atoms with Crippen molar-refractivity contribution >= 4 is 23.9 Å². The molecule has 10 heteroatoms. The topological polar surface area (TPSA) is 134 Å². The van der Waals surface area contributed by atoms with Crippen LogP contribution in [0.5, 0.6) is 0 Å². The van der Waals surface area contributed by atoms with E-state index in [9.17, 15) is 24.3 Å². The summed E-state index contributed by atoms with van der Waals surface area (Å²) < 4.78 is 9.75. The van der Waals surface area contributed by atoms with Gasteiger partial charge < -0.3 is 30.1 Å². The molecule has 1 aromatic rings. The first-order chi connectivity index (χ1) is 15.8. The van der Waals surface area contributed by atoms with Gasteiger partial charge in [0.05, 0.1) is 13.7 Å². The third-order valence-corrected chi connectivity index (χ3v) is 4.53. The maximum absolute atomic E-state index is 13.4. The van der Waals surface area contributed by atoms with Gasteiger partial charge in [-0.05, 0) is 40.2 Å². The smallest absolute Gasteiger partial charge is 0.408 e. The second kappa shape index (κ2) is 12.7. The van der Waals surface area contributed by atoms with Crippen LogP contribution in [0.1, 0.15) is 43.5 Å². The predicted octanol–water partition coefficient (Wildman–Crippen LogP) is 1.53. The van der Waals surface area contributed by atoms with Crippen molar-refractivity contribution < 1.29 is 33.8 Å². The van der Waals surface area contributed by atoms with Gasteiger partial charge in [0.15, 0.2) is 0 Å². The maximum atomic E-state index is 13.4. The average Bonchev–Trinajstić information content (AvgIpc) is 2.73. The Kier molecular flexibility index (Phi) is 10.7. The Morgan fingerprint density at radius 3 is 2.21 bits per heavy atom. The first-order valence-corrected chi connectivity index (χ1v) is 10.8. The largest absolute Gasteiger partial charge is 0.468 e. The molecule has 2 unspecified atom stereocenters. The summed E-state index contributed by atoms with van der Waals surface area (Å²) in [6.07, 6.45) is 0.528. The summed E-state index contributed by atoms with van der Waals surface area (Å²) in [4.78, 5) is 51.6. The van der Waals surface area contributed by atoms with Gasteiger partial charge in [-0.2, -0.15) is 0 Å². The Morgan fingerprint density at radius 2 is 1.74 bits per heavy atom. The molecule has 1 aromatic carbocycles. The third kappa shape index (κ3) is 8.86. The summed E-state index contributed by atoms with van der Waals surface area (Å²) in [5, 5.41) is 14.7. The summed E-state index contributed by atoms with van der Waals surface area (Å²) in [7, 11) is 1.19. The number of esters is 1. The minimum Gasteiger partial charge on any atom is -0.468 e. The lowest BCUT2D eigenvalue weighted by molar-refractivity contribution is -0.144. The van der Waals surface area contributed by atoms with Crippen molar-refractivity contribution in [1.29, 1.82) is 0 Å². The number of hydrogen-bond donors (Lipinski definition) is 3. The number of aliphatic hydroxyl groups is 1. The van der Waals surface area contributed by atoms with E-state index >= 15 is 0 Å². The molecule has 0 aliphatic rings. The van der Waals surface area contributed by atoms with Gasteiger partial charge in [-0.25, -0.2) is 4.79 Å². The Bertz CT molecular complexity index is 888. The molecule has 2 atom stereocenters. The number of alkyl carbamates (subject to hydrolysis) is 1. The quantitative estimate of drug-likeness (QED) is 0.344. The van der Waals surface area contributed by atoms with Crippen molar-refractivity contribution in [2.45, 2.75) is 52.3 Å². The monoisotopic (exact) mass is 477 g/mol. The highest BCUT2D eigenvalue weighted by molar-refractivity contribution is 5.93. The Balaban J connectivity index is 3.39. The maximum Gasteiger partial charge on any atom is 0.408 e. The number of rotatable bonds is 10. The van der Waals surface area contributed by atoms with Gasteiger partial charge in [-0.3, -0.25) is 14.4 Å². The van der Waals surface area contributed by atoms with Gasteiger partial charge in [0.1, 0.15) is 24.2 Å². The van der Waals surface area contributed by atoms with Crippen LogP contribution in [-0.4, -0.2) is 72.3 Å². The highest BCUT2D eigenvalue weighted by Crippen LogP contribution is 2.25. The zero-order chi connectivity index (χ0) is 26.1. The zero-order valence-electron chi connectivity index (χ0n) is 20.6. The summed E-state index contributed by atoms with van der Waals surface area (Å²) in [5.74, 6) is -2.03. The lowest BCUT2D eigenvalue weighted by Crippen LogP contribution is -2.54. The molecule has 0 fully saturated rings. The van der Waals surface area contributed by atoms with Gasteiger partial charge in [0, 0.05) is 6.54 Å². The van der Waals surface area contributed by atoms with E-state index in [4.69, 9.17) is 4.74 Å². The van der Waals surface area contributed by atoms with Crippen LogP contribution < -0.4 is 10.6 Å². The summed E-state index contributed by atoms with van der Waals surface area (Å²) in [6, 6.07) is 2.84. The Hall–Kier alpha value is -3.40. The molecular formula is C24H35N3O7. The molecular weight excluding hydrogens is 442 g/mol. The number of amides is 3. The van der Waals surface area contributed by atoms with Crippen LogP contribution in [0, 0.1) is 13.8 Å².